The van der Waals surface area contributed by atoms with Crippen LogP contribution in [0.5, 0.6) is 0 Å². The van der Waals surface area contributed by atoms with Crippen molar-refractivity contribution in [2.24, 2.45) is 11.3 Å². The van der Waals surface area contributed by atoms with Gasteiger partial charge in [-0.25, -0.2) is 4.98 Å². The Morgan fingerprint density at radius 1 is 1.05 bits per heavy atom. The summed E-state index contributed by atoms with van der Waals surface area (Å²) in [6.45, 7) is 2.50. The van der Waals surface area contributed by atoms with Crippen LogP contribution in [0.3, 0.4) is 0 Å². The van der Waals surface area contributed by atoms with E-state index in [0.29, 0.717) is 23.3 Å². The van der Waals surface area contributed by atoms with E-state index in [9.17, 15) is 4.79 Å². The Balaban J connectivity index is 1.13. The van der Waals surface area contributed by atoms with E-state index in [1.807, 2.05) is 35.3 Å². The molecule has 41 heavy (non-hydrogen) atoms. The Hall–Kier alpha value is -2.85. The summed E-state index contributed by atoms with van der Waals surface area (Å²) in [5, 5.41) is 23.7. The molecule has 1 saturated heterocycles. The normalized spacial score (nSPS) is 24.3. The molecular weight excluding hydrogens is 538 g/mol. The average Bonchev–Trinajstić information content (AvgIpc) is 3.74. The van der Waals surface area contributed by atoms with Gasteiger partial charge in [-0.1, -0.05) is 48.2 Å². The predicted octanol–water partition coefficient (Wildman–Crippen LogP) is 4.56. The summed E-state index contributed by atoms with van der Waals surface area (Å²) in [7, 11) is 0. The Kier molecular flexibility index (Phi) is 8.95. The maximum atomic E-state index is 14.2. The zero-order valence-electron chi connectivity index (χ0n) is 23.8. The molecule has 3 aliphatic rings. The molecule has 220 valence electrons. The number of H-pyrrole nitrogens is 1. The topological polar surface area (TPSA) is 118 Å². The van der Waals surface area contributed by atoms with Crippen LogP contribution in [-0.2, 0) is 17.8 Å². The van der Waals surface area contributed by atoms with Crippen LogP contribution in [-0.4, -0.2) is 71.4 Å². The minimum atomic E-state index is -0.264. The highest BCUT2D eigenvalue weighted by Gasteiger charge is 2.44. The highest BCUT2D eigenvalue weighted by atomic mass is 35.5. The van der Waals surface area contributed by atoms with Crippen LogP contribution in [0.15, 0.2) is 36.9 Å². The van der Waals surface area contributed by atoms with Crippen molar-refractivity contribution < 1.29 is 4.79 Å². The van der Waals surface area contributed by atoms with Crippen molar-refractivity contribution >= 4 is 17.5 Å². The number of tetrazole rings is 1. The molecule has 0 spiro atoms. The summed E-state index contributed by atoms with van der Waals surface area (Å²) < 4.78 is 2.02. The lowest BCUT2D eigenvalue weighted by atomic mass is 9.63. The molecule has 2 saturated carbocycles. The number of piperidine rings is 1. The van der Waals surface area contributed by atoms with E-state index in [1.165, 1.54) is 32.1 Å². The van der Waals surface area contributed by atoms with Crippen molar-refractivity contribution in [3.63, 3.8) is 0 Å². The molecular formula is C30H42ClN9O. The third-order valence-corrected chi connectivity index (χ3v) is 10.3. The molecule has 1 atom stereocenters. The van der Waals surface area contributed by atoms with Gasteiger partial charge in [-0.3, -0.25) is 9.48 Å². The van der Waals surface area contributed by atoms with E-state index in [1.54, 1.807) is 6.33 Å². The third-order valence-electron chi connectivity index (χ3n) is 10.0. The number of halogens is 1. The fraction of sp³-hybridized carbons (Fsp3) is 0.667. The number of rotatable bonds is 9. The number of hydrogen-bond donors (Lipinski definition) is 2. The van der Waals surface area contributed by atoms with Gasteiger partial charge in [0, 0.05) is 36.6 Å². The fourth-order valence-corrected chi connectivity index (χ4v) is 7.79. The SMILES string of the molecule is O=C([C@@H](Cc1ccc(Cl)cc1)N[C@H]1CC[C@H](c2nn[nH]n2)CC1)N1CCC(Cn2cncn2)(C2CCCCC2)CC1. The van der Waals surface area contributed by atoms with Crippen molar-refractivity contribution in [3.8, 4) is 0 Å². The van der Waals surface area contributed by atoms with Gasteiger partial charge in [0.25, 0.3) is 0 Å². The van der Waals surface area contributed by atoms with Gasteiger partial charge in [0.1, 0.15) is 12.7 Å². The molecule has 11 heteroatoms. The van der Waals surface area contributed by atoms with E-state index in [0.717, 1.165) is 69.5 Å². The van der Waals surface area contributed by atoms with E-state index in [4.69, 9.17) is 11.6 Å². The molecule has 1 amide bonds. The van der Waals surface area contributed by atoms with Crippen LogP contribution in [0.25, 0.3) is 0 Å². The van der Waals surface area contributed by atoms with Gasteiger partial charge in [-0.05, 0) is 86.8 Å². The summed E-state index contributed by atoms with van der Waals surface area (Å²) in [5.74, 6) is 2.04. The van der Waals surface area contributed by atoms with E-state index < -0.39 is 0 Å². The molecule has 2 aliphatic carbocycles. The standard InChI is InChI=1S/C30H42ClN9O/c31-25-10-6-22(7-11-25)18-27(34-26-12-8-23(9-13-26)28-35-37-38-36-28)29(41)39-16-14-30(15-17-39,19-40-21-32-20-33-40)24-4-2-1-3-5-24/h6-7,10-11,20-21,23-24,26-27,34H,1-5,8-9,12-19H2,(H,35,36,37,38)/t23-,26-,27-/m1/s1. The number of benzene rings is 1. The second kappa shape index (κ2) is 13.0. The number of aromatic nitrogens is 7. The number of amides is 1. The lowest BCUT2D eigenvalue weighted by Gasteiger charge is -2.48. The lowest BCUT2D eigenvalue weighted by molar-refractivity contribution is -0.137. The summed E-state index contributed by atoms with van der Waals surface area (Å²) in [5.41, 5.74) is 1.30. The molecule has 1 aliphatic heterocycles. The van der Waals surface area contributed by atoms with E-state index in [2.05, 4.69) is 40.9 Å². The Morgan fingerprint density at radius 2 is 1.80 bits per heavy atom. The van der Waals surface area contributed by atoms with Crippen LogP contribution in [0, 0.1) is 11.3 Å². The number of nitrogens with zero attached hydrogens (tertiary/aromatic N) is 7. The molecule has 3 aromatic rings. The minimum Gasteiger partial charge on any atom is -0.341 e. The first-order valence-electron chi connectivity index (χ1n) is 15.4. The molecule has 10 nitrogen and oxygen atoms in total. The third kappa shape index (κ3) is 6.80. The summed E-state index contributed by atoms with van der Waals surface area (Å²) in [6.07, 6.45) is 16.7. The highest BCUT2D eigenvalue weighted by molar-refractivity contribution is 6.30. The minimum absolute atomic E-state index is 0.178. The molecule has 6 rings (SSSR count). The predicted molar refractivity (Wildman–Crippen MR) is 156 cm³/mol. The zero-order chi connectivity index (χ0) is 28.1. The molecule has 2 N–H and O–H groups in total. The van der Waals surface area contributed by atoms with E-state index >= 15 is 0 Å². The maximum Gasteiger partial charge on any atom is 0.240 e. The number of carbonyl (C=O) groups excluding carboxylic acids is 1. The van der Waals surface area contributed by atoms with Crippen LogP contribution in [0.1, 0.15) is 87.9 Å². The van der Waals surface area contributed by atoms with Crippen molar-refractivity contribution in [3.05, 3.63) is 53.3 Å². The number of aromatic amines is 1. The number of likely N-dealkylation sites (tertiary alicyclic amines) is 1. The first-order valence-corrected chi connectivity index (χ1v) is 15.8. The smallest absolute Gasteiger partial charge is 0.240 e. The fourth-order valence-electron chi connectivity index (χ4n) is 7.66. The van der Waals surface area contributed by atoms with Crippen LogP contribution < -0.4 is 5.32 Å². The number of nitrogens with one attached hydrogen (secondary N) is 2. The zero-order valence-corrected chi connectivity index (χ0v) is 24.6. The molecule has 0 radical (unpaired) electrons. The molecule has 2 aromatic heterocycles. The quantitative estimate of drug-likeness (QED) is 0.381. The summed E-state index contributed by atoms with van der Waals surface area (Å²) in [6, 6.07) is 7.94. The second-order valence-corrected chi connectivity index (χ2v) is 12.9. The van der Waals surface area contributed by atoms with Crippen LogP contribution >= 0.6 is 11.6 Å². The molecule has 0 unspecified atom stereocenters. The molecule has 3 heterocycles. The molecule has 1 aromatic carbocycles. The monoisotopic (exact) mass is 579 g/mol. The number of carbonyl (C=O) groups is 1. The van der Waals surface area contributed by atoms with Gasteiger partial charge in [0.15, 0.2) is 5.82 Å². The second-order valence-electron chi connectivity index (χ2n) is 12.5. The first-order chi connectivity index (χ1) is 20.1. The molecule has 0 bridgehead atoms. The van der Waals surface area contributed by atoms with Crippen molar-refractivity contribution in [2.75, 3.05) is 13.1 Å². The van der Waals surface area contributed by atoms with Crippen molar-refractivity contribution in [1.29, 1.82) is 0 Å². The van der Waals surface area contributed by atoms with Crippen LogP contribution in [0.4, 0.5) is 0 Å². The Morgan fingerprint density at radius 3 is 2.46 bits per heavy atom. The van der Waals surface area contributed by atoms with Gasteiger partial charge in [0.05, 0.1) is 6.04 Å². The first kappa shape index (κ1) is 28.3. The average molecular weight is 580 g/mol. The summed E-state index contributed by atoms with van der Waals surface area (Å²) in [4.78, 5) is 20.5. The highest BCUT2D eigenvalue weighted by Crippen LogP contribution is 2.47. The Labute approximate surface area is 247 Å². The van der Waals surface area contributed by atoms with Gasteiger partial charge < -0.3 is 10.2 Å². The number of hydrogen-bond acceptors (Lipinski definition) is 7. The van der Waals surface area contributed by atoms with Gasteiger partial charge >= 0.3 is 0 Å². The largest absolute Gasteiger partial charge is 0.341 e. The van der Waals surface area contributed by atoms with E-state index in [-0.39, 0.29) is 23.4 Å². The Bertz CT molecular complexity index is 1210. The van der Waals surface area contributed by atoms with Crippen molar-refractivity contribution in [2.45, 2.75) is 102 Å². The van der Waals surface area contributed by atoms with Gasteiger partial charge in [0.2, 0.25) is 5.91 Å². The van der Waals surface area contributed by atoms with Gasteiger partial charge in [-0.2, -0.15) is 10.3 Å². The summed E-state index contributed by atoms with van der Waals surface area (Å²) >= 11 is 6.17. The van der Waals surface area contributed by atoms with Crippen molar-refractivity contribution in [1.82, 2.24) is 45.6 Å². The lowest BCUT2D eigenvalue weighted by Crippen LogP contribution is -2.55. The molecule has 3 fully saturated rings. The maximum absolute atomic E-state index is 14.2. The van der Waals surface area contributed by atoms with Gasteiger partial charge in [-0.15, -0.1) is 10.2 Å². The van der Waals surface area contributed by atoms with Crippen LogP contribution in [0.2, 0.25) is 5.02 Å².